The molecule has 0 aromatic heterocycles. The smallest absolute Gasteiger partial charge is 0.264 e. The van der Waals surface area contributed by atoms with Crippen molar-refractivity contribution in [3.05, 3.63) is 93.2 Å². The minimum atomic E-state index is -4.30. The number of hydrogen-bond donors (Lipinski definition) is 1. The molecule has 41 heavy (non-hydrogen) atoms. The van der Waals surface area contributed by atoms with Gasteiger partial charge in [0.25, 0.3) is 10.0 Å². The largest absolute Gasteiger partial charge is 0.352 e. The van der Waals surface area contributed by atoms with E-state index < -0.39 is 34.3 Å². The maximum atomic E-state index is 14.0. The third-order valence-corrected chi connectivity index (χ3v) is 9.82. The van der Waals surface area contributed by atoms with E-state index >= 15 is 0 Å². The highest BCUT2D eigenvalue weighted by Crippen LogP contribution is 2.29. The number of sulfonamides is 1. The van der Waals surface area contributed by atoms with Crippen LogP contribution >= 0.6 is 34.8 Å². The number of benzene rings is 3. The molecule has 0 heterocycles. The molecule has 3 aromatic carbocycles. The summed E-state index contributed by atoms with van der Waals surface area (Å²) < 4.78 is 42.4. The molecule has 1 fully saturated rings. The van der Waals surface area contributed by atoms with Crippen LogP contribution in [-0.2, 0) is 26.2 Å². The SMILES string of the molecule is CC(C(=O)NC1CCCC1)N(Cc1ccc(Cl)c(Cl)c1)C(=O)CN(c1ccc(F)c(Cl)c1)S(=O)(=O)c1ccccc1. The molecule has 0 spiro atoms. The van der Waals surface area contributed by atoms with Gasteiger partial charge in [0.2, 0.25) is 11.8 Å². The molecule has 2 amide bonds. The van der Waals surface area contributed by atoms with Crippen LogP contribution in [0.1, 0.15) is 38.2 Å². The summed E-state index contributed by atoms with van der Waals surface area (Å²) in [7, 11) is -4.30. The fourth-order valence-electron chi connectivity index (χ4n) is 4.70. The quantitative estimate of drug-likeness (QED) is 0.276. The van der Waals surface area contributed by atoms with E-state index in [-0.39, 0.29) is 39.1 Å². The van der Waals surface area contributed by atoms with Crippen molar-refractivity contribution in [1.82, 2.24) is 10.2 Å². The summed E-state index contributed by atoms with van der Waals surface area (Å²) in [5, 5.41) is 3.30. The third-order valence-electron chi connectivity index (χ3n) is 7.01. The Morgan fingerprint density at radius 2 is 1.63 bits per heavy atom. The van der Waals surface area contributed by atoms with Crippen molar-refractivity contribution in [2.75, 3.05) is 10.8 Å². The lowest BCUT2D eigenvalue weighted by Gasteiger charge is -2.32. The Balaban J connectivity index is 1.70. The molecule has 4 rings (SSSR count). The van der Waals surface area contributed by atoms with E-state index in [0.717, 1.165) is 42.1 Å². The molecule has 1 saturated carbocycles. The number of rotatable bonds is 10. The third kappa shape index (κ3) is 7.52. The van der Waals surface area contributed by atoms with Gasteiger partial charge in [-0.2, -0.15) is 0 Å². The monoisotopic (exact) mass is 639 g/mol. The molecule has 12 heteroatoms. The zero-order valence-electron chi connectivity index (χ0n) is 22.2. The molecular formula is C29H29Cl3FN3O4S. The molecule has 0 bridgehead atoms. The summed E-state index contributed by atoms with van der Waals surface area (Å²) in [6, 6.07) is 14.9. The fourth-order valence-corrected chi connectivity index (χ4v) is 6.62. The van der Waals surface area contributed by atoms with Gasteiger partial charge in [-0.25, -0.2) is 12.8 Å². The van der Waals surface area contributed by atoms with Crippen LogP contribution in [0.3, 0.4) is 0 Å². The number of nitrogens with zero attached hydrogens (tertiary/aromatic N) is 2. The standard InChI is InChI=1S/C29H29Cl3FN3O4S/c1-19(29(38)34-21-7-5-6-8-21)35(17-20-11-13-24(30)25(31)15-20)28(37)18-36(22-12-14-27(33)26(32)16-22)41(39,40)23-9-3-2-4-10-23/h2-4,9-16,19,21H,5-8,17-18H2,1H3,(H,34,38). The molecule has 1 aliphatic rings. The Kier molecular flexibility index (Phi) is 10.2. The van der Waals surface area contributed by atoms with Gasteiger partial charge in [-0.1, -0.05) is 71.9 Å². The minimum absolute atomic E-state index is 0.00819. The first-order valence-corrected chi connectivity index (χ1v) is 15.6. The fraction of sp³-hybridized carbons (Fsp3) is 0.310. The summed E-state index contributed by atoms with van der Waals surface area (Å²) in [5.74, 6) is -1.75. The van der Waals surface area contributed by atoms with Gasteiger partial charge < -0.3 is 10.2 Å². The van der Waals surface area contributed by atoms with Crippen LogP contribution in [0.15, 0.2) is 71.6 Å². The van der Waals surface area contributed by atoms with Crippen LogP contribution < -0.4 is 9.62 Å². The van der Waals surface area contributed by atoms with Crippen molar-refractivity contribution in [2.45, 2.75) is 56.1 Å². The number of nitrogens with one attached hydrogen (secondary N) is 1. The maximum Gasteiger partial charge on any atom is 0.264 e. The maximum absolute atomic E-state index is 14.0. The van der Waals surface area contributed by atoms with E-state index in [1.54, 1.807) is 43.3 Å². The second kappa shape index (κ2) is 13.4. The summed E-state index contributed by atoms with van der Waals surface area (Å²) in [6.07, 6.45) is 3.73. The molecule has 7 nitrogen and oxygen atoms in total. The lowest BCUT2D eigenvalue weighted by Crippen LogP contribution is -2.52. The second-order valence-electron chi connectivity index (χ2n) is 9.86. The summed E-state index contributed by atoms with van der Waals surface area (Å²) >= 11 is 18.3. The molecule has 1 aliphatic carbocycles. The molecule has 1 N–H and O–H groups in total. The lowest BCUT2D eigenvalue weighted by atomic mass is 10.1. The van der Waals surface area contributed by atoms with Gasteiger partial charge >= 0.3 is 0 Å². The molecule has 0 saturated heterocycles. The molecule has 218 valence electrons. The highest BCUT2D eigenvalue weighted by atomic mass is 35.5. The first-order chi connectivity index (χ1) is 19.5. The Labute approximate surface area is 254 Å². The zero-order chi connectivity index (χ0) is 29.7. The van der Waals surface area contributed by atoms with Crippen LogP contribution in [-0.4, -0.2) is 43.8 Å². The van der Waals surface area contributed by atoms with Crippen molar-refractivity contribution in [3.8, 4) is 0 Å². The van der Waals surface area contributed by atoms with Crippen molar-refractivity contribution in [1.29, 1.82) is 0 Å². The normalized spacial score (nSPS) is 14.5. The van der Waals surface area contributed by atoms with Gasteiger partial charge in [-0.05, 0) is 67.8 Å². The first-order valence-electron chi connectivity index (χ1n) is 13.0. The van der Waals surface area contributed by atoms with Crippen molar-refractivity contribution < 1.29 is 22.4 Å². The van der Waals surface area contributed by atoms with E-state index in [1.807, 2.05) is 0 Å². The molecule has 0 aliphatic heterocycles. The summed E-state index contributed by atoms with van der Waals surface area (Å²) in [5.41, 5.74) is 0.585. The second-order valence-corrected chi connectivity index (χ2v) is 12.9. The molecule has 3 aromatic rings. The Morgan fingerprint density at radius 1 is 0.951 bits per heavy atom. The number of halogens is 4. The van der Waals surface area contributed by atoms with Crippen molar-refractivity contribution >= 4 is 62.3 Å². The highest BCUT2D eigenvalue weighted by Gasteiger charge is 2.33. The number of amides is 2. The molecular weight excluding hydrogens is 612 g/mol. The predicted octanol–water partition coefficient (Wildman–Crippen LogP) is 6.46. The predicted molar refractivity (Wildman–Crippen MR) is 159 cm³/mol. The van der Waals surface area contributed by atoms with Gasteiger partial charge in [0.05, 0.1) is 25.7 Å². The summed E-state index contributed by atoms with van der Waals surface area (Å²) in [6.45, 7) is 0.866. The van der Waals surface area contributed by atoms with E-state index in [2.05, 4.69) is 5.32 Å². The number of anilines is 1. The van der Waals surface area contributed by atoms with E-state index in [0.29, 0.717) is 10.6 Å². The van der Waals surface area contributed by atoms with Crippen LogP contribution in [0.5, 0.6) is 0 Å². The van der Waals surface area contributed by atoms with Crippen LogP contribution in [0, 0.1) is 5.82 Å². The summed E-state index contributed by atoms with van der Waals surface area (Å²) in [4.78, 5) is 28.5. The zero-order valence-corrected chi connectivity index (χ0v) is 25.3. The Bertz CT molecular complexity index is 1520. The molecule has 1 atom stereocenters. The number of hydrogen-bond acceptors (Lipinski definition) is 4. The van der Waals surface area contributed by atoms with Gasteiger partial charge in [-0.3, -0.25) is 13.9 Å². The highest BCUT2D eigenvalue weighted by molar-refractivity contribution is 7.92. The Morgan fingerprint density at radius 3 is 2.27 bits per heavy atom. The number of carbonyl (C=O) groups is 2. The Hall–Kier alpha value is -2.85. The first kappa shape index (κ1) is 31.1. The van der Waals surface area contributed by atoms with Crippen LogP contribution in [0.2, 0.25) is 15.1 Å². The van der Waals surface area contributed by atoms with Gasteiger partial charge in [0, 0.05) is 12.6 Å². The topological polar surface area (TPSA) is 86.8 Å². The van der Waals surface area contributed by atoms with E-state index in [4.69, 9.17) is 34.8 Å². The van der Waals surface area contributed by atoms with Crippen LogP contribution in [0.25, 0.3) is 0 Å². The molecule has 1 unspecified atom stereocenters. The minimum Gasteiger partial charge on any atom is -0.352 e. The average molecular weight is 641 g/mol. The van der Waals surface area contributed by atoms with Crippen molar-refractivity contribution in [3.63, 3.8) is 0 Å². The van der Waals surface area contributed by atoms with Crippen LogP contribution in [0.4, 0.5) is 10.1 Å². The van der Waals surface area contributed by atoms with E-state index in [9.17, 15) is 22.4 Å². The van der Waals surface area contributed by atoms with Gasteiger partial charge in [-0.15, -0.1) is 0 Å². The van der Waals surface area contributed by atoms with Gasteiger partial charge in [0.1, 0.15) is 18.4 Å². The lowest BCUT2D eigenvalue weighted by molar-refractivity contribution is -0.139. The van der Waals surface area contributed by atoms with Gasteiger partial charge in [0.15, 0.2) is 0 Å². The van der Waals surface area contributed by atoms with Crippen molar-refractivity contribution in [2.24, 2.45) is 0 Å². The number of carbonyl (C=O) groups excluding carboxylic acids is 2. The molecule has 0 radical (unpaired) electrons. The van der Waals surface area contributed by atoms with E-state index in [1.165, 1.54) is 23.1 Å². The average Bonchev–Trinajstić information content (AvgIpc) is 3.46.